The van der Waals surface area contributed by atoms with Crippen molar-refractivity contribution in [2.75, 3.05) is 30.9 Å². The predicted octanol–water partition coefficient (Wildman–Crippen LogP) is 2.15. The van der Waals surface area contributed by atoms with Gasteiger partial charge in [0.2, 0.25) is 0 Å². The highest BCUT2D eigenvalue weighted by Gasteiger charge is 2.17. The number of carbonyl (C=O) groups is 1. The van der Waals surface area contributed by atoms with Crippen LogP contribution in [0.5, 0.6) is 5.75 Å². The van der Waals surface area contributed by atoms with Gasteiger partial charge in [0, 0.05) is 12.2 Å². The summed E-state index contributed by atoms with van der Waals surface area (Å²) in [6, 6.07) is 5.11. The molecule has 0 spiro atoms. The van der Waals surface area contributed by atoms with Crippen LogP contribution in [-0.4, -0.2) is 31.1 Å². The molecule has 1 saturated heterocycles. The fourth-order valence-corrected chi connectivity index (χ4v) is 3.39. The molecule has 1 fully saturated rings. The van der Waals surface area contributed by atoms with E-state index in [0.717, 1.165) is 6.54 Å². The van der Waals surface area contributed by atoms with Crippen molar-refractivity contribution in [1.29, 1.82) is 0 Å². The molecule has 1 aromatic carbocycles. The molecule has 0 bridgehead atoms. The minimum atomic E-state index is -0.109. The molecule has 0 unspecified atom stereocenters. The van der Waals surface area contributed by atoms with E-state index in [1.165, 1.54) is 24.3 Å². The van der Waals surface area contributed by atoms with Gasteiger partial charge in [0.15, 0.2) is 0 Å². The Hall–Kier alpha value is -1.36. The molecule has 5 heteroatoms. The average Bonchev–Trinajstić information content (AvgIpc) is 2.46. The van der Waals surface area contributed by atoms with Crippen molar-refractivity contribution < 1.29 is 9.53 Å². The van der Waals surface area contributed by atoms with Crippen LogP contribution in [0.4, 0.5) is 5.69 Å². The van der Waals surface area contributed by atoms with E-state index in [9.17, 15) is 4.79 Å². The molecule has 1 amide bonds. The summed E-state index contributed by atoms with van der Waals surface area (Å²) in [5, 5.41) is 2.99. The number of nitrogens with one attached hydrogen (secondary N) is 1. The van der Waals surface area contributed by atoms with E-state index in [1.54, 1.807) is 25.3 Å². The molecule has 0 saturated carbocycles. The highest BCUT2D eigenvalue weighted by atomic mass is 32.2. The topological polar surface area (TPSA) is 64.3 Å². The molecule has 0 aromatic heterocycles. The van der Waals surface area contributed by atoms with Gasteiger partial charge >= 0.3 is 0 Å². The van der Waals surface area contributed by atoms with Crippen LogP contribution < -0.4 is 15.8 Å². The molecule has 0 atom stereocenters. The van der Waals surface area contributed by atoms with Crippen LogP contribution in [-0.2, 0) is 0 Å². The Morgan fingerprint density at radius 1 is 1.47 bits per heavy atom. The zero-order valence-corrected chi connectivity index (χ0v) is 12.0. The Bertz CT molecular complexity index is 445. The molecular weight excluding hydrogens is 260 g/mol. The largest absolute Gasteiger partial charge is 0.496 e. The molecule has 4 nitrogen and oxygen atoms in total. The minimum absolute atomic E-state index is 0.109. The number of methoxy groups -OCH3 is 1. The summed E-state index contributed by atoms with van der Waals surface area (Å²) in [4.78, 5) is 12.2. The molecule has 1 aliphatic rings. The summed E-state index contributed by atoms with van der Waals surface area (Å²) in [6.07, 6.45) is 2.36. The second kappa shape index (κ2) is 6.70. The molecule has 1 aliphatic heterocycles. The monoisotopic (exact) mass is 280 g/mol. The van der Waals surface area contributed by atoms with Gasteiger partial charge in [-0.1, -0.05) is 0 Å². The Labute approximate surface area is 118 Å². The smallest absolute Gasteiger partial charge is 0.255 e. The fraction of sp³-hybridized carbons (Fsp3) is 0.500. The molecule has 104 valence electrons. The molecule has 2 rings (SSSR count). The van der Waals surface area contributed by atoms with Gasteiger partial charge < -0.3 is 15.8 Å². The molecule has 19 heavy (non-hydrogen) atoms. The first-order valence-electron chi connectivity index (χ1n) is 6.50. The summed E-state index contributed by atoms with van der Waals surface area (Å²) < 4.78 is 5.19. The fourth-order valence-electron chi connectivity index (χ4n) is 2.19. The number of nitrogens with two attached hydrogens (primary N) is 1. The van der Waals surface area contributed by atoms with Gasteiger partial charge in [-0.05, 0) is 48.5 Å². The van der Waals surface area contributed by atoms with Crippen molar-refractivity contribution in [3.63, 3.8) is 0 Å². The zero-order chi connectivity index (χ0) is 13.7. The SMILES string of the molecule is COc1ccc(N)cc1C(=O)NCC1CCSCC1. The van der Waals surface area contributed by atoms with Crippen LogP contribution >= 0.6 is 11.8 Å². The van der Waals surface area contributed by atoms with E-state index in [0.29, 0.717) is 22.9 Å². The van der Waals surface area contributed by atoms with Crippen LogP contribution in [0.1, 0.15) is 23.2 Å². The normalized spacial score (nSPS) is 16.1. The highest BCUT2D eigenvalue weighted by Crippen LogP contribution is 2.23. The average molecular weight is 280 g/mol. The lowest BCUT2D eigenvalue weighted by Crippen LogP contribution is -2.31. The summed E-state index contributed by atoms with van der Waals surface area (Å²) in [5.41, 5.74) is 6.80. The van der Waals surface area contributed by atoms with Crippen molar-refractivity contribution in [2.45, 2.75) is 12.8 Å². The van der Waals surface area contributed by atoms with Crippen molar-refractivity contribution in [1.82, 2.24) is 5.32 Å². The number of ether oxygens (including phenoxy) is 1. The minimum Gasteiger partial charge on any atom is -0.496 e. The van der Waals surface area contributed by atoms with Crippen molar-refractivity contribution in [3.05, 3.63) is 23.8 Å². The number of benzene rings is 1. The Balaban J connectivity index is 1.97. The first-order chi connectivity index (χ1) is 9.20. The third-order valence-electron chi connectivity index (χ3n) is 3.36. The van der Waals surface area contributed by atoms with Gasteiger partial charge in [0.1, 0.15) is 5.75 Å². The Morgan fingerprint density at radius 2 is 2.21 bits per heavy atom. The van der Waals surface area contributed by atoms with Gasteiger partial charge in [0.05, 0.1) is 12.7 Å². The number of amides is 1. The van der Waals surface area contributed by atoms with Gasteiger partial charge in [-0.3, -0.25) is 4.79 Å². The lowest BCUT2D eigenvalue weighted by molar-refractivity contribution is 0.0943. The lowest BCUT2D eigenvalue weighted by Gasteiger charge is -2.21. The number of thioether (sulfide) groups is 1. The van der Waals surface area contributed by atoms with Gasteiger partial charge in [-0.15, -0.1) is 0 Å². The van der Waals surface area contributed by atoms with Gasteiger partial charge in [-0.2, -0.15) is 11.8 Å². The molecule has 3 N–H and O–H groups in total. The Kier molecular flexibility index (Phi) is 4.96. The first-order valence-corrected chi connectivity index (χ1v) is 7.65. The molecule has 1 aromatic rings. The second-order valence-corrected chi connectivity index (χ2v) is 5.95. The number of rotatable bonds is 4. The van der Waals surface area contributed by atoms with E-state index in [4.69, 9.17) is 10.5 Å². The predicted molar refractivity (Wildman–Crippen MR) is 79.8 cm³/mol. The standard InChI is InChI=1S/C14H20N2O2S/c1-18-13-3-2-11(15)8-12(13)14(17)16-9-10-4-6-19-7-5-10/h2-3,8,10H,4-7,9,15H2,1H3,(H,16,17). The molecular formula is C14H20N2O2S. The van der Waals surface area contributed by atoms with E-state index < -0.39 is 0 Å². The van der Waals surface area contributed by atoms with E-state index >= 15 is 0 Å². The third-order valence-corrected chi connectivity index (χ3v) is 4.41. The molecule has 0 aliphatic carbocycles. The van der Waals surface area contributed by atoms with Crippen molar-refractivity contribution >= 4 is 23.4 Å². The number of anilines is 1. The van der Waals surface area contributed by atoms with Crippen LogP contribution in [0.15, 0.2) is 18.2 Å². The number of carbonyl (C=O) groups excluding carboxylic acids is 1. The summed E-state index contributed by atoms with van der Waals surface area (Å²) in [5.74, 6) is 3.44. The zero-order valence-electron chi connectivity index (χ0n) is 11.1. The molecule has 0 radical (unpaired) electrons. The quantitative estimate of drug-likeness (QED) is 0.830. The number of nitrogen functional groups attached to an aromatic ring is 1. The third kappa shape index (κ3) is 3.80. The Morgan fingerprint density at radius 3 is 2.89 bits per heavy atom. The second-order valence-electron chi connectivity index (χ2n) is 4.73. The van der Waals surface area contributed by atoms with E-state index in [-0.39, 0.29) is 5.91 Å². The highest BCUT2D eigenvalue weighted by molar-refractivity contribution is 7.99. The maximum absolute atomic E-state index is 12.2. The van der Waals surface area contributed by atoms with E-state index in [2.05, 4.69) is 5.32 Å². The maximum atomic E-state index is 12.2. The van der Waals surface area contributed by atoms with Crippen molar-refractivity contribution in [3.8, 4) is 5.75 Å². The van der Waals surface area contributed by atoms with Crippen LogP contribution in [0.25, 0.3) is 0 Å². The van der Waals surface area contributed by atoms with Gasteiger partial charge in [0.25, 0.3) is 5.91 Å². The van der Waals surface area contributed by atoms with Crippen LogP contribution in [0, 0.1) is 5.92 Å². The lowest BCUT2D eigenvalue weighted by atomic mass is 10.0. The van der Waals surface area contributed by atoms with E-state index in [1.807, 2.05) is 11.8 Å². The van der Waals surface area contributed by atoms with Gasteiger partial charge in [-0.25, -0.2) is 0 Å². The first kappa shape index (κ1) is 14.1. The molecule has 1 heterocycles. The van der Waals surface area contributed by atoms with Crippen molar-refractivity contribution in [2.24, 2.45) is 5.92 Å². The number of hydrogen-bond acceptors (Lipinski definition) is 4. The summed E-state index contributed by atoms with van der Waals surface area (Å²) in [6.45, 7) is 0.733. The van der Waals surface area contributed by atoms with Crippen LogP contribution in [0.3, 0.4) is 0 Å². The number of hydrogen-bond donors (Lipinski definition) is 2. The summed E-state index contributed by atoms with van der Waals surface area (Å²) in [7, 11) is 1.56. The van der Waals surface area contributed by atoms with Crippen LogP contribution in [0.2, 0.25) is 0 Å². The maximum Gasteiger partial charge on any atom is 0.255 e. The summed E-state index contributed by atoms with van der Waals surface area (Å²) >= 11 is 1.99.